The predicted octanol–water partition coefficient (Wildman–Crippen LogP) is 7.06. The minimum absolute atomic E-state index is 0.0286. The fourth-order valence-electron chi connectivity index (χ4n) is 8.66. The third kappa shape index (κ3) is 13.4. The molecule has 6 rings (SSSR count). The van der Waals surface area contributed by atoms with Gasteiger partial charge >= 0.3 is 6.18 Å². The Kier molecular flexibility index (Phi) is 16.8. The summed E-state index contributed by atoms with van der Waals surface area (Å²) in [5.41, 5.74) is 2.15. The molecule has 14 heteroatoms. The van der Waals surface area contributed by atoms with Gasteiger partial charge in [-0.15, -0.1) is 0 Å². The number of rotatable bonds is 23. The van der Waals surface area contributed by atoms with Crippen molar-refractivity contribution in [2.24, 2.45) is 11.8 Å². The van der Waals surface area contributed by atoms with Crippen LogP contribution in [-0.2, 0) is 19.2 Å². The lowest BCUT2D eigenvalue weighted by Crippen LogP contribution is -2.53. The van der Waals surface area contributed by atoms with Gasteiger partial charge in [-0.2, -0.15) is 13.2 Å². The van der Waals surface area contributed by atoms with E-state index in [1.807, 2.05) is 67.6 Å². The van der Waals surface area contributed by atoms with Crippen LogP contribution in [0.5, 0.6) is 0 Å². The van der Waals surface area contributed by atoms with E-state index in [9.17, 15) is 37.1 Å². The monoisotopic (exact) mass is 872 g/mol. The van der Waals surface area contributed by atoms with Crippen molar-refractivity contribution in [2.45, 2.75) is 127 Å². The van der Waals surface area contributed by atoms with E-state index in [0.29, 0.717) is 19.4 Å². The normalized spacial score (nSPS) is 22.4. The number of likely N-dealkylation sites (tertiary alicyclic amines) is 1. The second-order valence-electron chi connectivity index (χ2n) is 17.4. The van der Waals surface area contributed by atoms with Gasteiger partial charge in [0.15, 0.2) is 0 Å². The molecule has 1 aliphatic heterocycles. The summed E-state index contributed by atoms with van der Waals surface area (Å²) in [6.45, 7) is 3.92. The van der Waals surface area contributed by atoms with E-state index in [1.165, 1.54) is 29.2 Å². The number of nitrogens with one attached hydrogen (secondary N) is 5. The Morgan fingerprint density at radius 1 is 0.683 bits per heavy atom. The number of alkyl halides is 3. The summed E-state index contributed by atoms with van der Waals surface area (Å²) >= 11 is 0. The van der Waals surface area contributed by atoms with Crippen molar-refractivity contribution in [1.29, 1.82) is 0 Å². The molecule has 3 aliphatic rings. The van der Waals surface area contributed by atoms with Crippen molar-refractivity contribution in [3.05, 3.63) is 107 Å². The van der Waals surface area contributed by atoms with Crippen LogP contribution < -0.4 is 26.6 Å². The first-order valence-corrected chi connectivity index (χ1v) is 22.8. The van der Waals surface area contributed by atoms with Gasteiger partial charge in [0.05, 0.1) is 11.8 Å². The molecule has 1 heterocycles. The van der Waals surface area contributed by atoms with Crippen LogP contribution in [0.1, 0.15) is 129 Å². The van der Waals surface area contributed by atoms with Crippen molar-refractivity contribution >= 4 is 29.5 Å². The molecule has 63 heavy (non-hydrogen) atoms. The number of amides is 5. The summed E-state index contributed by atoms with van der Waals surface area (Å²) in [7, 11) is 0. The fourth-order valence-corrected chi connectivity index (χ4v) is 8.66. The second kappa shape index (κ2) is 22.4. The molecule has 2 saturated carbocycles. The minimum Gasteiger partial charge on any atom is -0.354 e. The van der Waals surface area contributed by atoms with Crippen molar-refractivity contribution in [2.75, 3.05) is 26.2 Å². The lowest BCUT2D eigenvalue weighted by molar-refractivity contribution is -0.158. The topological polar surface area (TPSA) is 149 Å². The number of benzene rings is 3. The van der Waals surface area contributed by atoms with Crippen molar-refractivity contribution < 1.29 is 37.1 Å². The zero-order valence-electron chi connectivity index (χ0n) is 36.4. The molecule has 1 unspecified atom stereocenters. The van der Waals surface area contributed by atoms with E-state index in [-0.39, 0.29) is 66.4 Å². The molecule has 0 aromatic heterocycles. The maximum Gasteiger partial charge on any atom is 0.407 e. The highest BCUT2D eigenvalue weighted by Crippen LogP contribution is 2.43. The van der Waals surface area contributed by atoms with Crippen molar-refractivity contribution in [3.8, 4) is 0 Å². The first kappa shape index (κ1) is 47.2. The summed E-state index contributed by atoms with van der Waals surface area (Å²) in [5.74, 6) is -3.41. The number of carbonyl (C=O) groups excluding carboxylic acids is 5. The molecular weight excluding hydrogens is 810 g/mol. The first-order valence-electron chi connectivity index (χ1n) is 22.8. The molecule has 8 atom stereocenters. The average molecular weight is 873 g/mol. The van der Waals surface area contributed by atoms with Crippen molar-refractivity contribution in [1.82, 2.24) is 31.5 Å². The van der Waals surface area contributed by atoms with Crippen LogP contribution in [0.25, 0.3) is 0 Å². The SMILES string of the molecule is CCCCCCNC(=O)[C@H](CNC(c1ccc(C(=O)N2C[C@@H](C(=O)N[C@H]3C[C@@H]3c3ccccc3)[C@H](C(=O)N[C@H]3C[C@@H]3c3ccccc3)C2)cc1)C(F)(F)F)NC(=O)CCCCCC. The van der Waals surface area contributed by atoms with Crippen LogP contribution in [0.3, 0.4) is 0 Å². The van der Waals surface area contributed by atoms with Gasteiger partial charge in [-0.05, 0) is 54.5 Å². The van der Waals surface area contributed by atoms with E-state index in [1.54, 1.807) is 0 Å². The van der Waals surface area contributed by atoms with E-state index in [4.69, 9.17) is 0 Å². The Bertz CT molecular complexity index is 1910. The lowest BCUT2D eigenvalue weighted by Gasteiger charge is -2.26. The largest absolute Gasteiger partial charge is 0.407 e. The molecule has 1 saturated heterocycles. The maximum absolute atomic E-state index is 14.7. The molecule has 5 N–H and O–H groups in total. The maximum atomic E-state index is 14.7. The highest BCUT2D eigenvalue weighted by atomic mass is 19.4. The number of nitrogens with zero attached hydrogens (tertiary/aromatic N) is 1. The predicted molar refractivity (Wildman–Crippen MR) is 235 cm³/mol. The van der Waals surface area contributed by atoms with E-state index in [2.05, 4.69) is 33.5 Å². The van der Waals surface area contributed by atoms with Crippen LogP contribution in [0.4, 0.5) is 13.2 Å². The van der Waals surface area contributed by atoms with E-state index < -0.39 is 54.4 Å². The van der Waals surface area contributed by atoms with Crippen molar-refractivity contribution in [3.63, 3.8) is 0 Å². The highest BCUT2D eigenvalue weighted by Gasteiger charge is 2.49. The Morgan fingerprint density at radius 2 is 1.21 bits per heavy atom. The Morgan fingerprint density at radius 3 is 1.71 bits per heavy atom. The van der Waals surface area contributed by atoms with Gasteiger partial charge in [-0.1, -0.05) is 125 Å². The molecule has 3 fully saturated rings. The van der Waals surface area contributed by atoms with Gasteiger partial charge in [-0.3, -0.25) is 29.3 Å². The summed E-state index contributed by atoms with van der Waals surface area (Å²) < 4.78 is 44.0. The zero-order valence-corrected chi connectivity index (χ0v) is 36.4. The van der Waals surface area contributed by atoms with Crippen LogP contribution in [0, 0.1) is 11.8 Å². The van der Waals surface area contributed by atoms with Gasteiger partial charge < -0.3 is 26.2 Å². The van der Waals surface area contributed by atoms with E-state index in [0.717, 1.165) is 62.5 Å². The molecule has 3 aromatic rings. The molecule has 0 radical (unpaired) electrons. The number of hydrogen-bond donors (Lipinski definition) is 5. The first-order chi connectivity index (χ1) is 30.4. The molecule has 3 aromatic carbocycles. The van der Waals surface area contributed by atoms with Crippen LogP contribution in [0.15, 0.2) is 84.9 Å². The third-order valence-corrected chi connectivity index (χ3v) is 12.6. The highest BCUT2D eigenvalue weighted by molar-refractivity contribution is 5.97. The number of unbranched alkanes of at least 4 members (excludes halogenated alkanes) is 6. The number of halogens is 3. The fraction of sp³-hybridized carbons (Fsp3) is 0.531. The summed E-state index contributed by atoms with van der Waals surface area (Å²) in [4.78, 5) is 69.1. The minimum atomic E-state index is -4.78. The van der Waals surface area contributed by atoms with Gasteiger partial charge in [0.1, 0.15) is 12.1 Å². The second-order valence-corrected chi connectivity index (χ2v) is 17.4. The molecule has 340 valence electrons. The van der Waals surface area contributed by atoms with Gasteiger partial charge in [-0.25, -0.2) is 0 Å². The molecule has 0 spiro atoms. The summed E-state index contributed by atoms with van der Waals surface area (Å²) in [6.07, 6.45) is 3.90. The van der Waals surface area contributed by atoms with Crippen LogP contribution >= 0.6 is 0 Å². The molecule has 0 bridgehead atoms. The van der Waals surface area contributed by atoms with Crippen LogP contribution in [0.2, 0.25) is 0 Å². The lowest BCUT2D eigenvalue weighted by atomic mass is 9.94. The molecule has 11 nitrogen and oxygen atoms in total. The zero-order chi connectivity index (χ0) is 44.9. The quantitative estimate of drug-likeness (QED) is 0.0645. The van der Waals surface area contributed by atoms with Gasteiger partial charge in [0, 0.05) is 62.1 Å². The molecular formula is C49H63F3N6O5. The standard InChI is InChI=1S/C49H63F3N6O5/c1-3-5-7-15-21-43(59)55-42(47(62)53-26-16-8-6-4-2)29-54-44(49(50,51)52)34-22-24-35(25-23-34)48(63)58-30-38(45(60)56-40-27-36(40)32-17-11-9-12-18-32)39(31-58)46(61)57-41-28-37(41)33-19-13-10-14-20-33/h9-14,17-20,22-25,36-42,44,54H,3-8,15-16,21,26-31H2,1-2H3,(H,53,62)(H,55,59)(H,56,60)(H,57,61)/t36-,37-,38-,39-,40+,41+,42+,44?/m1/s1. The average Bonchev–Trinajstić information content (AvgIpc) is 4.19. The van der Waals surface area contributed by atoms with Gasteiger partial charge in [0.25, 0.3) is 5.91 Å². The number of carbonyl (C=O) groups is 5. The third-order valence-electron chi connectivity index (χ3n) is 12.6. The number of hydrogen-bond acceptors (Lipinski definition) is 6. The summed E-state index contributed by atoms with van der Waals surface area (Å²) in [5, 5.41) is 14.1. The smallest absolute Gasteiger partial charge is 0.354 e. The van der Waals surface area contributed by atoms with E-state index >= 15 is 0 Å². The molecule has 5 amide bonds. The summed E-state index contributed by atoms with van der Waals surface area (Å²) in [6, 6.07) is 21.2. The Hall–Kier alpha value is -5.24. The Labute approximate surface area is 369 Å². The van der Waals surface area contributed by atoms with Crippen LogP contribution in [-0.4, -0.2) is 84.9 Å². The Balaban J connectivity index is 1.11. The molecule has 2 aliphatic carbocycles. The van der Waals surface area contributed by atoms with Gasteiger partial charge in [0.2, 0.25) is 23.6 Å².